The first kappa shape index (κ1) is 21.4. The van der Waals surface area contributed by atoms with E-state index in [9.17, 15) is 9.59 Å². The average molecular weight is 380 g/mol. The summed E-state index contributed by atoms with van der Waals surface area (Å²) in [6.07, 6.45) is 4.97. The third-order valence-electron chi connectivity index (χ3n) is 5.03. The van der Waals surface area contributed by atoms with E-state index in [1.807, 2.05) is 20.8 Å². The number of hydrogen-bond acceptors (Lipinski definition) is 6. The summed E-state index contributed by atoms with van der Waals surface area (Å²) in [5.41, 5.74) is -0.167. The lowest BCUT2D eigenvalue weighted by Crippen LogP contribution is -2.45. The van der Waals surface area contributed by atoms with E-state index in [1.54, 1.807) is 6.92 Å². The molecule has 0 bridgehead atoms. The van der Waals surface area contributed by atoms with Gasteiger partial charge < -0.3 is 14.6 Å². The molecule has 1 aliphatic rings. The van der Waals surface area contributed by atoms with Crippen LogP contribution in [0.5, 0.6) is 0 Å². The van der Waals surface area contributed by atoms with Crippen LogP contribution < -0.4 is 5.32 Å². The van der Waals surface area contributed by atoms with Gasteiger partial charge in [-0.05, 0) is 32.1 Å². The fourth-order valence-electron chi connectivity index (χ4n) is 3.19. The Bertz CT molecular complexity index is 635. The van der Waals surface area contributed by atoms with Crippen LogP contribution in [0.15, 0.2) is 4.52 Å². The number of amides is 1. The molecule has 3 atom stereocenters. The lowest BCUT2D eigenvalue weighted by atomic mass is 9.86. The fraction of sp³-hybridized carbons (Fsp3) is 0.800. The van der Waals surface area contributed by atoms with Crippen molar-refractivity contribution in [2.45, 2.75) is 97.1 Å². The Morgan fingerprint density at radius 1 is 1.30 bits per heavy atom. The van der Waals surface area contributed by atoms with Gasteiger partial charge in [0.05, 0.1) is 0 Å². The minimum atomic E-state index is -0.775. The molecule has 2 rings (SSSR count). The van der Waals surface area contributed by atoms with Crippen molar-refractivity contribution < 1.29 is 18.8 Å². The van der Waals surface area contributed by atoms with E-state index in [2.05, 4.69) is 22.4 Å². The monoisotopic (exact) mass is 379 g/mol. The third kappa shape index (κ3) is 6.63. The summed E-state index contributed by atoms with van der Waals surface area (Å²) in [7, 11) is 0. The zero-order valence-corrected chi connectivity index (χ0v) is 17.2. The number of rotatable bonds is 7. The van der Waals surface area contributed by atoms with E-state index in [4.69, 9.17) is 9.26 Å². The molecule has 7 nitrogen and oxygen atoms in total. The number of nitrogens with zero attached hydrogens (tertiary/aromatic N) is 2. The van der Waals surface area contributed by atoms with Gasteiger partial charge in [0.2, 0.25) is 5.89 Å². The van der Waals surface area contributed by atoms with Crippen molar-refractivity contribution in [1.29, 1.82) is 0 Å². The van der Waals surface area contributed by atoms with Crippen LogP contribution in [0, 0.1) is 5.92 Å². The summed E-state index contributed by atoms with van der Waals surface area (Å²) in [5, 5.41) is 6.99. The van der Waals surface area contributed by atoms with Crippen LogP contribution in [0.4, 0.5) is 0 Å². The molecule has 1 aliphatic carbocycles. The second-order valence-corrected chi connectivity index (χ2v) is 8.62. The maximum atomic E-state index is 12.3. The van der Waals surface area contributed by atoms with Gasteiger partial charge in [-0.25, -0.2) is 0 Å². The normalized spacial score (nSPS) is 21.5. The quantitative estimate of drug-likeness (QED) is 0.730. The number of aryl methyl sites for hydroxylation is 1. The molecular formula is C20H33N3O4. The van der Waals surface area contributed by atoms with E-state index in [-0.39, 0.29) is 29.8 Å². The summed E-state index contributed by atoms with van der Waals surface area (Å²) in [4.78, 5) is 28.6. The van der Waals surface area contributed by atoms with Crippen molar-refractivity contribution in [3.05, 3.63) is 11.7 Å². The molecule has 1 saturated carbocycles. The highest BCUT2D eigenvalue weighted by atomic mass is 16.5. The Balaban J connectivity index is 1.70. The topological polar surface area (TPSA) is 94.3 Å². The van der Waals surface area contributed by atoms with Crippen LogP contribution in [0.3, 0.4) is 0 Å². The van der Waals surface area contributed by atoms with Crippen molar-refractivity contribution in [3.8, 4) is 0 Å². The van der Waals surface area contributed by atoms with E-state index < -0.39 is 6.10 Å². The Morgan fingerprint density at radius 2 is 2.00 bits per heavy atom. The molecule has 1 aromatic heterocycles. The SMILES string of the molecule is CC(OC(=O)CCCc1nc(C(C)(C)C)no1)C(=O)NC1CCCCC1C. The van der Waals surface area contributed by atoms with Gasteiger partial charge in [-0.1, -0.05) is 45.7 Å². The third-order valence-corrected chi connectivity index (χ3v) is 5.03. The molecule has 152 valence electrons. The summed E-state index contributed by atoms with van der Waals surface area (Å²) in [6, 6.07) is 0.182. The van der Waals surface area contributed by atoms with Gasteiger partial charge in [-0.15, -0.1) is 0 Å². The second-order valence-electron chi connectivity index (χ2n) is 8.62. The Kier molecular flexibility index (Phi) is 7.39. The molecule has 0 radical (unpaired) electrons. The number of aromatic nitrogens is 2. The predicted molar refractivity (Wildman–Crippen MR) is 101 cm³/mol. The fourth-order valence-corrected chi connectivity index (χ4v) is 3.19. The molecule has 1 N–H and O–H groups in total. The highest BCUT2D eigenvalue weighted by Crippen LogP contribution is 2.24. The van der Waals surface area contributed by atoms with Crippen molar-refractivity contribution in [1.82, 2.24) is 15.5 Å². The molecule has 3 unspecified atom stereocenters. The number of carbonyl (C=O) groups excluding carboxylic acids is 2. The number of esters is 1. The summed E-state index contributed by atoms with van der Waals surface area (Å²) in [6.45, 7) is 9.82. The number of nitrogens with one attached hydrogen (secondary N) is 1. The van der Waals surface area contributed by atoms with Crippen LogP contribution >= 0.6 is 0 Å². The smallest absolute Gasteiger partial charge is 0.306 e. The average Bonchev–Trinajstić information content (AvgIpc) is 3.06. The van der Waals surface area contributed by atoms with Crippen molar-refractivity contribution in [2.75, 3.05) is 0 Å². The van der Waals surface area contributed by atoms with Crippen molar-refractivity contribution in [2.24, 2.45) is 5.92 Å². The Labute approximate surface area is 161 Å². The number of carbonyl (C=O) groups is 2. The largest absolute Gasteiger partial charge is 0.453 e. The van der Waals surface area contributed by atoms with Crippen LogP contribution in [0.25, 0.3) is 0 Å². The first-order valence-electron chi connectivity index (χ1n) is 9.99. The van der Waals surface area contributed by atoms with Crippen LogP contribution in [-0.4, -0.2) is 34.2 Å². The molecule has 1 aromatic rings. The number of ether oxygens (including phenoxy) is 1. The van der Waals surface area contributed by atoms with Gasteiger partial charge in [0.15, 0.2) is 11.9 Å². The lowest BCUT2D eigenvalue weighted by molar-refractivity contribution is -0.155. The maximum absolute atomic E-state index is 12.3. The highest BCUT2D eigenvalue weighted by Gasteiger charge is 2.26. The summed E-state index contributed by atoms with van der Waals surface area (Å²) >= 11 is 0. The second kappa shape index (κ2) is 9.33. The lowest BCUT2D eigenvalue weighted by Gasteiger charge is -2.30. The molecular weight excluding hydrogens is 346 g/mol. The van der Waals surface area contributed by atoms with E-state index in [0.29, 0.717) is 30.5 Å². The van der Waals surface area contributed by atoms with E-state index in [0.717, 1.165) is 19.3 Å². The zero-order valence-electron chi connectivity index (χ0n) is 17.2. The van der Waals surface area contributed by atoms with Gasteiger partial charge in [0.25, 0.3) is 5.91 Å². The molecule has 1 fully saturated rings. The highest BCUT2D eigenvalue weighted by molar-refractivity contribution is 5.83. The Morgan fingerprint density at radius 3 is 2.63 bits per heavy atom. The summed E-state index contributed by atoms with van der Waals surface area (Å²) < 4.78 is 10.5. The minimum absolute atomic E-state index is 0.167. The van der Waals surface area contributed by atoms with Gasteiger partial charge in [0.1, 0.15) is 0 Å². The molecule has 1 amide bonds. The minimum Gasteiger partial charge on any atom is -0.453 e. The number of hydrogen-bond donors (Lipinski definition) is 1. The van der Waals surface area contributed by atoms with Crippen LogP contribution in [0.2, 0.25) is 0 Å². The Hall–Kier alpha value is -1.92. The van der Waals surface area contributed by atoms with Gasteiger partial charge >= 0.3 is 5.97 Å². The molecule has 1 heterocycles. The molecule has 0 aromatic carbocycles. The molecule has 7 heteroatoms. The molecule has 0 spiro atoms. The van der Waals surface area contributed by atoms with Crippen molar-refractivity contribution >= 4 is 11.9 Å². The van der Waals surface area contributed by atoms with Crippen LogP contribution in [0.1, 0.15) is 84.9 Å². The van der Waals surface area contributed by atoms with Crippen molar-refractivity contribution in [3.63, 3.8) is 0 Å². The van der Waals surface area contributed by atoms with Gasteiger partial charge in [-0.2, -0.15) is 4.98 Å². The first-order valence-corrected chi connectivity index (χ1v) is 9.99. The first-order chi connectivity index (χ1) is 12.7. The molecule has 27 heavy (non-hydrogen) atoms. The molecule has 0 aliphatic heterocycles. The standard InChI is InChI=1S/C20H33N3O4/c1-13-9-6-7-10-15(13)21-18(25)14(2)26-17(24)12-8-11-16-22-19(23-27-16)20(3,4)5/h13-15H,6-12H2,1-5H3,(H,21,25). The van der Waals surface area contributed by atoms with Crippen LogP contribution in [-0.2, 0) is 26.2 Å². The molecule has 0 saturated heterocycles. The zero-order chi connectivity index (χ0) is 20.0. The van der Waals surface area contributed by atoms with E-state index >= 15 is 0 Å². The van der Waals surface area contributed by atoms with Gasteiger partial charge in [0, 0.05) is 24.3 Å². The predicted octanol–water partition coefficient (Wildman–Crippen LogP) is 3.32. The van der Waals surface area contributed by atoms with E-state index in [1.165, 1.54) is 6.42 Å². The van der Waals surface area contributed by atoms with Gasteiger partial charge in [-0.3, -0.25) is 9.59 Å². The maximum Gasteiger partial charge on any atom is 0.306 e. The summed E-state index contributed by atoms with van der Waals surface area (Å²) in [5.74, 6) is 1.05.